The molecule has 0 aromatic heterocycles. The molecule has 12 heteroatoms. The fraction of sp³-hybridized carbons (Fsp3) is 0.667. The average molecular weight is 300 g/mol. The molecule has 0 nitrogen and oxygen atoms in total. The van der Waals surface area contributed by atoms with Crippen LogP contribution in [0.5, 0.6) is 0 Å². The summed E-state index contributed by atoms with van der Waals surface area (Å²) in [7, 11) is 0. The van der Waals surface area contributed by atoms with Crippen LogP contribution in [0.25, 0.3) is 0 Å². The van der Waals surface area contributed by atoms with Gasteiger partial charge in [-0.1, -0.05) is 0 Å². The minimum absolute atomic E-state index is 4.44. The van der Waals surface area contributed by atoms with Crippen LogP contribution in [0.3, 0.4) is 0 Å². The molecule has 0 saturated heterocycles. The van der Waals surface area contributed by atoms with Crippen molar-refractivity contribution in [2.75, 3.05) is 0 Å². The lowest BCUT2D eigenvalue weighted by molar-refractivity contribution is -0.332. The Morgan fingerprint density at radius 1 is 0.500 bits per heavy atom. The second-order valence-electron chi connectivity index (χ2n) is 2.78. The molecule has 0 unspecified atom stereocenters. The van der Waals surface area contributed by atoms with Gasteiger partial charge in [-0.25, -0.2) is 8.78 Å². The number of hydrogen-bond acceptors (Lipinski definition) is 0. The molecule has 0 aromatic rings. The Morgan fingerprint density at radius 2 is 0.778 bits per heavy atom. The van der Waals surface area contributed by atoms with Gasteiger partial charge in [0, 0.05) is 0 Å². The molecule has 0 bridgehead atoms. The monoisotopic (exact) mass is 300 g/mol. The highest BCUT2D eigenvalue weighted by molar-refractivity contribution is 5.23. The molecule has 0 saturated carbocycles. The fourth-order valence-electron chi connectivity index (χ4n) is 0.685. The van der Waals surface area contributed by atoms with Crippen LogP contribution in [0.2, 0.25) is 0 Å². The summed E-state index contributed by atoms with van der Waals surface area (Å²) in [5.74, 6) is -9.09. The predicted octanol–water partition coefficient (Wildman–Crippen LogP) is 4.53. The summed E-state index contributed by atoms with van der Waals surface area (Å²) in [6, 6.07) is 0. The van der Waals surface area contributed by atoms with Crippen molar-refractivity contribution >= 4 is 0 Å². The maximum absolute atomic E-state index is 12.6. The van der Waals surface area contributed by atoms with Crippen molar-refractivity contribution in [3.05, 3.63) is 11.7 Å². The quantitative estimate of drug-likeness (QED) is 0.624. The van der Waals surface area contributed by atoms with Crippen molar-refractivity contribution in [1.29, 1.82) is 0 Å². The molecule has 0 radical (unpaired) electrons. The van der Waals surface area contributed by atoms with Gasteiger partial charge in [0.1, 0.15) is 0 Å². The Morgan fingerprint density at radius 3 is 0.944 bits per heavy atom. The molecule has 0 aromatic carbocycles. The molecule has 0 spiro atoms. The smallest absolute Gasteiger partial charge is 0.215 e. The molecule has 0 rings (SSSR count). The summed E-state index contributed by atoms with van der Waals surface area (Å²) in [5, 5.41) is 0. The van der Waals surface area contributed by atoms with Crippen molar-refractivity contribution in [3.63, 3.8) is 0 Å². The van der Waals surface area contributed by atoms with Gasteiger partial charge in [0.2, 0.25) is 5.83 Å². The standard InChI is InChI=1S/C6F12/c7-1(2(8)4(10,11)12)3(9,5(13,14)15)6(16,17)18/b2-1-. The first kappa shape index (κ1) is 16.9. The van der Waals surface area contributed by atoms with Gasteiger partial charge in [0.25, 0.3) is 0 Å². The van der Waals surface area contributed by atoms with Crippen LogP contribution >= 0.6 is 0 Å². The van der Waals surface area contributed by atoms with E-state index in [0.717, 1.165) is 0 Å². The zero-order valence-electron chi connectivity index (χ0n) is 7.54. The Balaban J connectivity index is 6.13. The van der Waals surface area contributed by atoms with Gasteiger partial charge < -0.3 is 0 Å². The number of hydrogen-bond donors (Lipinski definition) is 0. The van der Waals surface area contributed by atoms with Crippen LogP contribution in [0.4, 0.5) is 52.7 Å². The maximum Gasteiger partial charge on any atom is 0.445 e. The average Bonchev–Trinajstić information content (AvgIpc) is 2.08. The molecule has 0 aliphatic rings. The van der Waals surface area contributed by atoms with Crippen molar-refractivity contribution in [2.24, 2.45) is 0 Å². The number of alkyl halides is 10. The molecule has 0 atom stereocenters. The molecule has 0 amide bonds. The van der Waals surface area contributed by atoms with Gasteiger partial charge in [-0.05, 0) is 0 Å². The minimum Gasteiger partial charge on any atom is -0.215 e. The fourth-order valence-corrected chi connectivity index (χ4v) is 0.685. The third kappa shape index (κ3) is 2.66. The molecule has 0 fully saturated rings. The van der Waals surface area contributed by atoms with E-state index in [9.17, 15) is 52.7 Å². The Labute approximate surface area is 89.9 Å². The second-order valence-corrected chi connectivity index (χ2v) is 2.78. The first-order valence-corrected chi connectivity index (χ1v) is 3.52. The SMILES string of the molecule is F/C(=C(\F)C(F)(C(F)(F)F)C(F)(F)F)C(F)(F)F. The van der Waals surface area contributed by atoms with Crippen molar-refractivity contribution < 1.29 is 52.7 Å². The highest BCUT2D eigenvalue weighted by Crippen LogP contribution is 2.53. The lowest BCUT2D eigenvalue weighted by Gasteiger charge is -2.28. The summed E-state index contributed by atoms with van der Waals surface area (Å²) in [5.41, 5.74) is -7.07. The summed E-state index contributed by atoms with van der Waals surface area (Å²) in [4.78, 5) is 0. The van der Waals surface area contributed by atoms with Gasteiger partial charge in [-0.2, -0.15) is 43.9 Å². The minimum atomic E-state index is -7.15. The molecule has 0 aliphatic heterocycles. The van der Waals surface area contributed by atoms with E-state index in [0.29, 0.717) is 0 Å². The van der Waals surface area contributed by atoms with E-state index in [2.05, 4.69) is 0 Å². The third-order valence-electron chi connectivity index (χ3n) is 1.53. The van der Waals surface area contributed by atoms with Crippen LogP contribution in [0.15, 0.2) is 11.7 Å². The van der Waals surface area contributed by atoms with E-state index in [1.165, 1.54) is 0 Å². The largest absolute Gasteiger partial charge is 0.445 e. The molecular weight excluding hydrogens is 300 g/mol. The van der Waals surface area contributed by atoms with Crippen molar-refractivity contribution in [1.82, 2.24) is 0 Å². The first-order valence-electron chi connectivity index (χ1n) is 3.52. The molecule has 108 valence electrons. The Bertz CT molecular complexity index is 323. The van der Waals surface area contributed by atoms with Gasteiger partial charge in [0.15, 0.2) is 5.83 Å². The van der Waals surface area contributed by atoms with Gasteiger partial charge in [0.05, 0.1) is 0 Å². The summed E-state index contributed by atoms with van der Waals surface area (Å²) in [6.07, 6.45) is -20.8. The molecule has 0 heterocycles. The molecular formula is C6F12. The maximum atomic E-state index is 12.6. The van der Waals surface area contributed by atoms with E-state index < -0.39 is 35.9 Å². The molecule has 0 N–H and O–H groups in total. The van der Waals surface area contributed by atoms with Gasteiger partial charge in [-0.3, -0.25) is 0 Å². The summed E-state index contributed by atoms with van der Waals surface area (Å²) < 4.78 is 141. The molecule has 0 aliphatic carbocycles. The highest BCUT2D eigenvalue weighted by atomic mass is 19.4. The normalized spacial score (nSPS) is 16.7. The van der Waals surface area contributed by atoms with Gasteiger partial charge >= 0.3 is 24.2 Å². The zero-order valence-corrected chi connectivity index (χ0v) is 7.54. The number of allylic oxidation sites excluding steroid dienone is 2. The predicted molar refractivity (Wildman–Crippen MR) is 31.2 cm³/mol. The van der Waals surface area contributed by atoms with E-state index in [1.54, 1.807) is 0 Å². The Kier molecular flexibility index (Phi) is 3.97. The molecule has 18 heavy (non-hydrogen) atoms. The lowest BCUT2D eigenvalue weighted by Crippen LogP contribution is -2.54. The van der Waals surface area contributed by atoms with Crippen LogP contribution in [-0.4, -0.2) is 24.2 Å². The van der Waals surface area contributed by atoms with Crippen LogP contribution < -0.4 is 0 Å². The van der Waals surface area contributed by atoms with Crippen molar-refractivity contribution in [3.8, 4) is 0 Å². The van der Waals surface area contributed by atoms with Crippen LogP contribution in [0, 0.1) is 0 Å². The van der Waals surface area contributed by atoms with E-state index in [-0.39, 0.29) is 0 Å². The lowest BCUT2D eigenvalue weighted by atomic mass is 10.0. The van der Waals surface area contributed by atoms with E-state index in [1.807, 2.05) is 0 Å². The summed E-state index contributed by atoms with van der Waals surface area (Å²) in [6.45, 7) is 0. The zero-order chi connectivity index (χ0) is 15.2. The number of rotatable bonds is 1. The Hall–Kier alpha value is -1.10. The van der Waals surface area contributed by atoms with Crippen LogP contribution in [0.1, 0.15) is 0 Å². The number of halogens is 12. The third-order valence-corrected chi connectivity index (χ3v) is 1.53. The topological polar surface area (TPSA) is 0 Å². The first-order chi connectivity index (χ1) is 7.57. The van der Waals surface area contributed by atoms with E-state index in [4.69, 9.17) is 0 Å². The summed E-state index contributed by atoms with van der Waals surface area (Å²) >= 11 is 0. The van der Waals surface area contributed by atoms with Crippen LogP contribution in [-0.2, 0) is 0 Å². The van der Waals surface area contributed by atoms with Gasteiger partial charge in [-0.15, -0.1) is 0 Å². The second kappa shape index (κ2) is 4.23. The highest BCUT2D eigenvalue weighted by Gasteiger charge is 2.77. The van der Waals surface area contributed by atoms with Crippen molar-refractivity contribution in [2.45, 2.75) is 24.2 Å². The van der Waals surface area contributed by atoms with E-state index >= 15 is 0 Å².